The molecule has 0 amide bonds. The summed E-state index contributed by atoms with van der Waals surface area (Å²) in [7, 11) is 0. The van der Waals surface area contributed by atoms with Crippen LogP contribution in [0.2, 0.25) is 0 Å². The molecule has 1 aromatic rings. The summed E-state index contributed by atoms with van der Waals surface area (Å²) in [6.45, 7) is 4.24. The highest BCUT2D eigenvalue weighted by Gasteiger charge is 2.30. The minimum atomic E-state index is -0.941. The third-order valence-electron chi connectivity index (χ3n) is 3.78. The SMILES string of the molecule is CC1(C)CCCC(Nc2c(F)cc(F)cc2[N+](=O)[O-])C1. The minimum Gasteiger partial charge on any atom is -0.374 e. The number of anilines is 1. The number of hydrogen-bond donors (Lipinski definition) is 1. The fourth-order valence-corrected chi connectivity index (χ4v) is 2.87. The van der Waals surface area contributed by atoms with Crippen molar-refractivity contribution in [2.75, 3.05) is 5.32 Å². The Hall–Kier alpha value is -1.72. The topological polar surface area (TPSA) is 55.2 Å². The Morgan fingerprint density at radius 1 is 1.40 bits per heavy atom. The molecule has 1 N–H and O–H groups in total. The van der Waals surface area contributed by atoms with Crippen LogP contribution in [0.15, 0.2) is 12.1 Å². The van der Waals surface area contributed by atoms with Crippen molar-refractivity contribution in [1.82, 2.24) is 0 Å². The third-order valence-corrected chi connectivity index (χ3v) is 3.78. The molecule has 1 aliphatic rings. The molecule has 0 aromatic heterocycles. The van der Waals surface area contributed by atoms with Crippen LogP contribution in [0.4, 0.5) is 20.2 Å². The van der Waals surface area contributed by atoms with E-state index in [-0.39, 0.29) is 17.1 Å². The molecule has 1 saturated carbocycles. The van der Waals surface area contributed by atoms with E-state index in [4.69, 9.17) is 0 Å². The van der Waals surface area contributed by atoms with E-state index in [2.05, 4.69) is 19.2 Å². The highest BCUT2D eigenvalue weighted by Crippen LogP contribution is 2.38. The van der Waals surface area contributed by atoms with Crippen molar-refractivity contribution >= 4 is 11.4 Å². The fraction of sp³-hybridized carbons (Fsp3) is 0.571. The number of nitrogens with one attached hydrogen (secondary N) is 1. The van der Waals surface area contributed by atoms with Gasteiger partial charge in [-0.2, -0.15) is 0 Å². The Kier molecular flexibility index (Phi) is 3.92. The van der Waals surface area contributed by atoms with Gasteiger partial charge >= 0.3 is 0 Å². The fourth-order valence-electron chi connectivity index (χ4n) is 2.87. The highest BCUT2D eigenvalue weighted by atomic mass is 19.1. The Morgan fingerprint density at radius 2 is 2.10 bits per heavy atom. The molecule has 1 fully saturated rings. The van der Waals surface area contributed by atoms with Crippen LogP contribution in [0, 0.1) is 27.2 Å². The second kappa shape index (κ2) is 5.34. The molecule has 0 radical (unpaired) electrons. The van der Waals surface area contributed by atoms with Crippen LogP contribution in [0.5, 0.6) is 0 Å². The van der Waals surface area contributed by atoms with E-state index in [0.717, 1.165) is 31.7 Å². The van der Waals surface area contributed by atoms with Crippen LogP contribution in [0.1, 0.15) is 39.5 Å². The Balaban J connectivity index is 2.27. The van der Waals surface area contributed by atoms with Gasteiger partial charge in [-0.3, -0.25) is 10.1 Å². The van der Waals surface area contributed by atoms with Gasteiger partial charge in [0.05, 0.1) is 11.0 Å². The zero-order valence-corrected chi connectivity index (χ0v) is 11.6. The molecule has 0 bridgehead atoms. The lowest BCUT2D eigenvalue weighted by Crippen LogP contribution is -2.32. The van der Waals surface area contributed by atoms with Gasteiger partial charge in [-0.05, 0) is 24.7 Å². The standard InChI is InChI=1S/C14H18F2N2O2/c1-14(2)5-3-4-10(8-14)17-13-11(16)6-9(15)7-12(13)18(19)20/h6-7,10,17H,3-5,8H2,1-2H3. The Bertz CT molecular complexity index is 532. The van der Waals surface area contributed by atoms with E-state index in [1.54, 1.807) is 0 Å². The zero-order chi connectivity index (χ0) is 14.9. The molecule has 2 rings (SSSR count). The van der Waals surface area contributed by atoms with Crippen LogP contribution in [0.3, 0.4) is 0 Å². The lowest BCUT2D eigenvalue weighted by atomic mass is 9.75. The van der Waals surface area contributed by atoms with Gasteiger partial charge in [-0.1, -0.05) is 20.3 Å². The normalized spacial score (nSPS) is 21.5. The second-order valence-corrected chi connectivity index (χ2v) is 6.14. The van der Waals surface area contributed by atoms with Gasteiger partial charge < -0.3 is 5.32 Å². The molecule has 0 saturated heterocycles. The summed E-state index contributed by atoms with van der Waals surface area (Å²) >= 11 is 0. The van der Waals surface area contributed by atoms with Gasteiger partial charge in [0.25, 0.3) is 5.69 Å². The van der Waals surface area contributed by atoms with E-state index in [0.29, 0.717) is 6.07 Å². The Labute approximate surface area is 116 Å². The lowest BCUT2D eigenvalue weighted by molar-refractivity contribution is -0.384. The van der Waals surface area contributed by atoms with Crippen molar-refractivity contribution in [3.8, 4) is 0 Å². The van der Waals surface area contributed by atoms with E-state index in [1.165, 1.54) is 0 Å². The van der Waals surface area contributed by atoms with E-state index in [1.807, 2.05) is 0 Å². The third kappa shape index (κ3) is 3.23. The summed E-state index contributed by atoms with van der Waals surface area (Å²) in [5.41, 5.74) is -0.633. The number of nitro groups is 1. The zero-order valence-electron chi connectivity index (χ0n) is 11.6. The average molecular weight is 284 g/mol. The van der Waals surface area contributed by atoms with Crippen molar-refractivity contribution in [1.29, 1.82) is 0 Å². The summed E-state index contributed by atoms with van der Waals surface area (Å²) in [6.07, 6.45) is 3.71. The summed E-state index contributed by atoms with van der Waals surface area (Å²) in [4.78, 5) is 10.2. The van der Waals surface area contributed by atoms with Gasteiger partial charge in [-0.25, -0.2) is 8.78 Å². The average Bonchev–Trinajstić information content (AvgIpc) is 2.30. The summed E-state index contributed by atoms with van der Waals surface area (Å²) in [5, 5.41) is 13.8. The van der Waals surface area contributed by atoms with Crippen LogP contribution in [-0.2, 0) is 0 Å². The maximum Gasteiger partial charge on any atom is 0.298 e. The molecule has 0 heterocycles. The van der Waals surface area contributed by atoms with Crippen LogP contribution >= 0.6 is 0 Å². The number of halogens is 2. The Morgan fingerprint density at radius 3 is 2.70 bits per heavy atom. The quantitative estimate of drug-likeness (QED) is 0.666. The maximum atomic E-state index is 13.8. The molecule has 1 atom stereocenters. The van der Waals surface area contributed by atoms with Crippen LogP contribution < -0.4 is 5.32 Å². The van der Waals surface area contributed by atoms with Crippen molar-refractivity contribution in [3.05, 3.63) is 33.9 Å². The number of nitrogens with zero attached hydrogens (tertiary/aromatic N) is 1. The number of hydrogen-bond acceptors (Lipinski definition) is 3. The molecule has 20 heavy (non-hydrogen) atoms. The minimum absolute atomic E-state index is 0.0302. The lowest BCUT2D eigenvalue weighted by Gasteiger charge is -2.35. The van der Waals surface area contributed by atoms with E-state index in [9.17, 15) is 18.9 Å². The van der Waals surface area contributed by atoms with Crippen molar-refractivity contribution in [3.63, 3.8) is 0 Å². The van der Waals surface area contributed by atoms with E-state index >= 15 is 0 Å². The van der Waals surface area contributed by atoms with Gasteiger partial charge in [-0.15, -0.1) is 0 Å². The molecule has 1 unspecified atom stereocenters. The maximum absolute atomic E-state index is 13.8. The monoisotopic (exact) mass is 284 g/mol. The molecule has 1 aliphatic carbocycles. The predicted octanol–water partition coefficient (Wildman–Crippen LogP) is 4.25. The van der Waals surface area contributed by atoms with Gasteiger partial charge in [0.2, 0.25) is 0 Å². The molecule has 0 aliphatic heterocycles. The summed E-state index contributed by atoms with van der Waals surface area (Å²) in [6, 6.07) is 1.39. The summed E-state index contributed by atoms with van der Waals surface area (Å²) < 4.78 is 26.9. The predicted molar refractivity (Wildman–Crippen MR) is 72.7 cm³/mol. The smallest absolute Gasteiger partial charge is 0.298 e. The van der Waals surface area contributed by atoms with E-state index < -0.39 is 22.2 Å². The number of nitro benzene ring substituents is 1. The van der Waals surface area contributed by atoms with Crippen molar-refractivity contribution < 1.29 is 13.7 Å². The molecule has 110 valence electrons. The van der Waals surface area contributed by atoms with Crippen molar-refractivity contribution in [2.45, 2.75) is 45.6 Å². The molecular weight excluding hydrogens is 266 g/mol. The molecule has 6 heteroatoms. The van der Waals surface area contributed by atoms with Gasteiger partial charge in [0.15, 0.2) is 5.82 Å². The number of rotatable bonds is 3. The highest BCUT2D eigenvalue weighted by molar-refractivity contribution is 5.63. The molecular formula is C14H18F2N2O2. The molecule has 4 nitrogen and oxygen atoms in total. The van der Waals surface area contributed by atoms with Gasteiger partial charge in [0.1, 0.15) is 11.5 Å². The molecule has 1 aromatic carbocycles. The van der Waals surface area contributed by atoms with Gasteiger partial charge in [0, 0.05) is 12.1 Å². The first-order valence-electron chi connectivity index (χ1n) is 6.68. The first-order valence-corrected chi connectivity index (χ1v) is 6.68. The molecule has 0 spiro atoms. The largest absolute Gasteiger partial charge is 0.374 e. The number of benzene rings is 1. The second-order valence-electron chi connectivity index (χ2n) is 6.14. The summed E-state index contributed by atoms with van der Waals surface area (Å²) in [5.74, 6) is -1.86. The first kappa shape index (κ1) is 14.7. The van der Waals surface area contributed by atoms with Crippen LogP contribution in [0.25, 0.3) is 0 Å². The van der Waals surface area contributed by atoms with Crippen LogP contribution in [-0.4, -0.2) is 11.0 Å². The first-order chi connectivity index (χ1) is 9.28. The van der Waals surface area contributed by atoms with Crippen molar-refractivity contribution in [2.24, 2.45) is 5.41 Å².